The molecule has 112 valence electrons. The van der Waals surface area contributed by atoms with Crippen LogP contribution in [0, 0.1) is 11.3 Å². The first kappa shape index (κ1) is 15.3. The van der Waals surface area contributed by atoms with Gasteiger partial charge in [-0.1, -0.05) is 19.8 Å². The van der Waals surface area contributed by atoms with Crippen LogP contribution in [0.2, 0.25) is 0 Å². The molecule has 3 nitrogen and oxygen atoms in total. The zero-order chi connectivity index (χ0) is 13.7. The largest absolute Gasteiger partial charge is 0.396 e. The van der Waals surface area contributed by atoms with Crippen molar-refractivity contribution >= 4 is 0 Å². The Balaban J connectivity index is 1.73. The van der Waals surface area contributed by atoms with Gasteiger partial charge in [0.2, 0.25) is 0 Å². The Morgan fingerprint density at radius 3 is 2.42 bits per heavy atom. The van der Waals surface area contributed by atoms with Crippen molar-refractivity contribution < 1.29 is 5.11 Å². The highest BCUT2D eigenvalue weighted by molar-refractivity contribution is 4.88. The van der Waals surface area contributed by atoms with E-state index in [2.05, 4.69) is 24.1 Å². The van der Waals surface area contributed by atoms with Gasteiger partial charge in [-0.3, -0.25) is 0 Å². The van der Waals surface area contributed by atoms with E-state index in [0.29, 0.717) is 12.6 Å². The van der Waals surface area contributed by atoms with Gasteiger partial charge in [0.05, 0.1) is 0 Å². The van der Waals surface area contributed by atoms with Crippen LogP contribution in [-0.4, -0.2) is 48.8 Å². The minimum Gasteiger partial charge on any atom is -0.396 e. The van der Waals surface area contributed by atoms with Gasteiger partial charge in [0.1, 0.15) is 0 Å². The summed E-state index contributed by atoms with van der Waals surface area (Å²) < 4.78 is 0. The van der Waals surface area contributed by atoms with Crippen LogP contribution in [0.15, 0.2) is 0 Å². The highest BCUT2D eigenvalue weighted by Crippen LogP contribution is 2.37. The minimum atomic E-state index is 0.193. The van der Waals surface area contributed by atoms with E-state index in [1.165, 1.54) is 58.2 Å². The number of hydrogen-bond donors (Lipinski definition) is 2. The van der Waals surface area contributed by atoms with Crippen molar-refractivity contribution in [3.8, 4) is 0 Å². The molecule has 2 rings (SSSR count). The third-order valence-electron chi connectivity index (χ3n) is 5.59. The maximum absolute atomic E-state index is 9.66. The number of likely N-dealkylation sites (tertiary alicyclic amines) is 1. The van der Waals surface area contributed by atoms with Crippen molar-refractivity contribution in [2.45, 2.75) is 58.4 Å². The van der Waals surface area contributed by atoms with Crippen molar-refractivity contribution in [1.82, 2.24) is 10.2 Å². The fraction of sp³-hybridized carbons (Fsp3) is 1.00. The fourth-order valence-electron chi connectivity index (χ4n) is 3.83. The molecule has 2 N–H and O–H groups in total. The van der Waals surface area contributed by atoms with Crippen LogP contribution in [0.1, 0.15) is 52.4 Å². The SMILES string of the molecule is CCN1CCC(C(C)NCC2(CO)CCCC2)CC1. The van der Waals surface area contributed by atoms with Gasteiger partial charge >= 0.3 is 0 Å². The fourth-order valence-corrected chi connectivity index (χ4v) is 3.83. The predicted molar refractivity (Wildman–Crippen MR) is 80.3 cm³/mol. The molecule has 0 aromatic heterocycles. The molecule has 1 aliphatic heterocycles. The Kier molecular flexibility index (Phi) is 5.67. The molecule has 0 aromatic rings. The molecule has 1 saturated heterocycles. The lowest BCUT2D eigenvalue weighted by Gasteiger charge is -2.36. The van der Waals surface area contributed by atoms with Gasteiger partial charge in [0, 0.05) is 24.6 Å². The molecule has 2 fully saturated rings. The second kappa shape index (κ2) is 7.05. The summed E-state index contributed by atoms with van der Waals surface area (Å²) in [4.78, 5) is 2.55. The minimum absolute atomic E-state index is 0.193. The predicted octanol–water partition coefficient (Wildman–Crippen LogP) is 2.25. The quantitative estimate of drug-likeness (QED) is 0.775. The zero-order valence-corrected chi connectivity index (χ0v) is 12.8. The van der Waals surface area contributed by atoms with Gasteiger partial charge in [0.25, 0.3) is 0 Å². The standard InChI is InChI=1S/C16H32N2O/c1-3-18-10-6-15(7-11-18)14(2)17-12-16(13-19)8-4-5-9-16/h14-15,17,19H,3-13H2,1-2H3. The number of nitrogens with one attached hydrogen (secondary N) is 1. The number of nitrogens with zero attached hydrogens (tertiary/aromatic N) is 1. The van der Waals surface area contributed by atoms with Crippen molar-refractivity contribution in [3.05, 3.63) is 0 Å². The molecule has 1 aliphatic carbocycles. The first-order chi connectivity index (χ1) is 9.19. The number of piperidine rings is 1. The average molecular weight is 268 g/mol. The lowest BCUT2D eigenvalue weighted by atomic mass is 9.85. The highest BCUT2D eigenvalue weighted by atomic mass is 16.3. The smallest absolute Gasteiger partial charge is 0.0499 e. The van der Waals surface area contributed by atoms with Crippen LogP contribution in [0.3, 0.4) is 0 Å². The molecule has 3 heteroatoms. The van der Waals surface area contributed by atoms with Crippen LogP contribution >= 0.6 is 0 Å². The first-order valence-corrected chi connectivity index (χ1v) is 8.26. The van der Waals surface area contributed by atoms with Gasteiger partial charge in [-0.25, -0.2) is 0 Å². The van der Waals surface area contributed by atoms with E-state index >= 15 is 0 Å². The maximum Gasteiger partial charge on any atom is 0.0499 e. The van der Waals surface area contributed by atoms with Crippen molar-refractivity contribution in [2.75, 3.05) is 32.8 Å². The Bertz CT molecular complexity index is 255. The van der Waals surface area contributed by atoms with Crippen LogP contribution in [0.5, 0.6) is 0 Å². The van der Waals surface area contributed by atoms with Crippen molar-refractivity contribution in [1.29, 1.82) is 0 Å². The summed E-state index contributed by atoms with van der Waals surface area (Å²) in [5.74, 6) is 0.819. The third kappa shape index (κ3) is 3.93. The van der Waals surface area contributed by atoms with Gasteiger partial charge in [-0.05, 0) is 58.2 Å². The monoisotopic (exact) mass is 268 g/mol. The summed E-state index contributed by atoms with van der Waals surface area (Å²) >= 11 is 0. The molecule has 0 amide bonds. The summed E-state index contributed by atoms with van der Waals surface area (Å²) in [5, 5.41) is 13.4. The molecule has 19 heavy (non-hydrogen) atoms. The summed E-state index contributed by atoms with van der Waals surface area (Å²) in [7, 11) is 0. The Hall–Kier alpha value is -0.120. The maximum atomic E-state index is 9.66. The summed E-state index contributed by atoms with van der Waals surface area (Å²) in [6, 6.07) is 0.600. The highest BCUT2D eigenvalue weighted by Gasteiger charge is 2.34. The van der Waals surface area contributed by atoms with Crippen molar-refractivity contribution in [2.24, 2.45) is 11.3 Å². The van der Waals surface area contributed by atoms with E-state index in [0.717, 1.165) is 12.5 Å². The van der Waals surface area contributed by atoms with E-state index in [1.807, 2.05) is 0 Å². The lowest BCUT2D eigenvalue weighted by molar-refractivity contribution is 0.114. The molecule has 1 saturated carbocycles. The van der Waals surface area contributed by atoms with Crippen LogP contribution in [-0.2, 0) is 0 Å². The molecule has 2 aliphatic rings. The van der Waals surface area contributed by atoms with Gasteiger partial charge in [-0.15, -0.1) is 0 Å². The third-order valence-corrected chi connectivity index (χ3v) is 5.59. The number of rotatable bonds is 6. The number of hydrogen-bond acceptors (Lipinski definition) is 3. The Morgan fingerprint density at radius 2 is 1.89 bits per heavy atom. The molecule has 1 heterocycles. The molecule has 0 radical (unpaired) electrons. The average Bonchev–Trinajstić information content (AvgIpc) is 2.94. The van der Waals surface area contributed by atoms with E-state index in [4.69, 9.17) is 0 Å². The molecular weight excluding hydrogens is 236 g/mol. The number of aliphatic hydroxyl groups excluding tert-OH is 1. The van der Waals surface area contributed by atoms with Crippen molar-refractivity contribution in [3.63, 3.8) is 0 Å². The van der Waals surface area contributed by atoms with Gasteiger partial charge < -0.3 is 15.3 Å². The summed E-state index contributed by atoms with van der Waals surface area (Å²) in [6.45, 7) is 9.69. The van der Waals surface area contributed by atoms with Crippen LogP contribution in [0.4, 0.5) is 0 Å². The van der Waals surface area contributed by atoms with E-state index in [1.54, 1.807) is 0 Å². The Morgan fingerprint density at radius 1 is 1.26 bits per heavy atom. The summed E-state index contributed by atoms with van der Waals surface area (Å²) in [5.41, 5.74) is 0.193. The van der Waals surface area contributed by atoms with Crippen LogP contribution in [0.25, 0.3) is 0 Å². The van der Waals surface area contributed by atoms with Gasteiger partial charge in [0.15, 0.2) is 0 Å². The second-order valence-corrected chi connectivity index (χ2v) is 6.81. The molecular formula is C16H32N2O. The molecule has 0 bridgehead atoms. The second-order valence-electron chi connectivity index (χ2n) is 6.81. The van der Waals surface area contributed by atoms with E-state index in [-0.39, 0.29) is 5.41 Å². The molecule has 1 unspecified atom stereocenters. The summed E-state index contributed by atoms with van der Waals surface area (Å²) in [6.07, 6.45) is 7.66. The zero-order valence-electron chi connectivity index (χ0n) is 12.8. The molecule has 1 atom stereocenters. The first-order valence-electron chi connectivity index (χ1n) is 8.26. The van der Waals surface area contributed by atoms with Gasteiger partial charge in [-0.2, -0.15) is 0 Å². The van der Waals surface area contributed by atoms with E-state index in [9.17, 15) is 5.11 Å². The molecule has 0 spiro atoms. The topological polar surface area (TPSA) is 35.5 Å². The Labute approximate surface area is 118 Å². The lowest BCUT2D eigenvalue weighted by Crippen LogP contribution is -2.45. The number of aliphatic hydroxyl groups is 1. The van der Waals surface area contributed by atoms with E-state index < -0.39 is 0 Å². The normalized spacial score (nSPS) is 26.7. The van der Waals surface area contributed by atoms with Crippen LogP contribution < -0.4 is 5.32 Å². The molecule has 0 aromatic carbocycles.